The third kappa shape index (κ3) is 4.30. The summed E-state index contributed by atoms with van der Waals surface area (Å²) < 4.78 is 11.3. The van der Waals surface area contributed by atoms with Crippen LogP contribution in [-0.4, -0.2) is 22.6 Å². The average molecular weight is 402 g/mol. The van der Waals surface area contributed by atoms with Gasteiger partial charge >= 0.3 is 0 Å². The molecule has 0 aliphatic carbocycles. The SMILES string of the molecule is O=C(COc1cc(O)c2c(=O)cc(-c3ccccc3)oc2c1)NCc1cccnc1. The third-order valence-corrected chi connectivity index (χ3v) is 4.42. The van der Waals surface area contributed by atoms with Crippen molar-refractivity contribution in [3.63, 3.8) is 0 Å². The molecule has 2 aromatic carbocycles. The van der Waals surface area contributed by atoms with Gasteiger partial charge in [0.25, 0.3) is 5.91 Å². The number of phenolic OH excluding ortho intramolecular Hbond substituents is 1. The summed E-state index contributed by atoms with van der Waals surface area (Å²) in [4.78, 5) is 28.5. The maximum atomic E-state index is 12.5. The molecule has 0 atom stereocenters. The Labute approximate surface area is 171 Å². The molecule has 4 rings (SSSR count). The Morgan fingerprint density at radius 3 is 2.70 bits per heavy atom. The van der Waals surface area contributed by atoms with E-state index in [1.54, 1.807) is 18.5 Å². The number of rotatable bonds is 6. The van der Waals surface area contributed by atoms with Crippen molar-refractivity contribution in [1.29, 1.82) is 0 Å². The van der Waals surface area contributed by atoms with Gasteiger partial charge in [-0.15, -0.1) is 0 Å². The van der Waals surface area contributed by atoms with Gasteiger partial charge in [0.15, 0.2) is 12.0 Å². The molecule has 1 amide bonds. The lowest BCUT2D eigenvalue weighted by atomic mass is 10.1. The summed E-state index contributed by atoms with van der Waals surface area (Å²) in [5.74, 6) is -0.0201. The third-order valence-electron chi connectivity index (χ3n) is 4.42. The summed E-state index contributed by atoms with van der Waals surface area (Å²) in [6.45, 7) is 0.0716. The number of amides is 1. The standard InChI is InChI=1S/C23H18N2O5/c26-18-9-17(29-14-22(28)25-13-15-5-4-8-24-12-15)10-21-23(18)19(27)11-20(30-21)16-6-2-1-3-7-16/h1-12,26H,13-14H2,(H,25,28). The van der Waals surface area contributed by atoms with Crippen molar-refractivity contribution < 1.29 is 19.1 Å². The van der Waals surface area contributed by atoms with Gasteiger partial charge in [0.2, 0.25) is 0 Å². The zero-order chi connectivity index (χ0) is 20.9. The van der Waals surface area contributed by atoms with Crippen LogP contribution in [0.3, 0.4) is 0 Å². The summed E-state index contributed by atoms with van der Waals surface area (Å²) in [5, 5.41) is 13.0. The van der Waals surface area contributed by atoms with E-state index in [9.17, 15) is 14.7 Å². The Hall–Kier alpha value is -4.13. The van der Waals surface area contributed by atoms with Crippen molar-refractivity contribution in [3.8, 4) is 22.8 Å². The number of benzene rings is 2. The molecule has 0 radical (unpaired) electrons. The highest BCUT2D eigenvalue weighted by molar-refractivity contribution is 5.86. The van der Waals surface area contributed by atoms with Crippen LogP contribution < -0.4 is 15.5 Å². The number of phenols is 1. The monoisotopic (exact) mass is 402 g/mol. The van der Waals surface area contributed by atoms with Gasteiger partial charge in [-0.05, 0) is 11.6 Å². The highest BCUT2D eigenvalue weighted by Gasteiger charge is 2.13. The van der Waals surface area contributed by atoms with E-state index in [2.05, 4.69) is 10.3 Å². The normalized spacial score (nSPS) is 10.7. The van der Waals surface area contributed by atoms with E-state index in [0.29, 0.717) is 12.3 Å². The summed E-state index contributed by atoms with van der Waals surface area (Å²) in [6, 6.07) is 16.9. The van der Waals surface area contributed by atoms with Crippen LogP contribution in [-0.2, 0) is 11.3 Å². The molecule has 0 saturated heterocycles. The van der Waals surface area contributed by atoms with Crippen molar-refractivity contribution in [1.82, 2.24) is 10.3 Å². The van der Waals surface area contributed by atoms with Gasteiger partial charge in [0.1, 0.15) is 28.2 Å². The topological polar surface area (TPSA) is 102 Å². The van der Waals surface area contributed by atoms with Gasteiger partial charge in [-0.3, -0.25) is 14.6 Å². The predicted molar refractivity (Wildman–Crippen MR) is 111 cm³/mol. The molecule has 7 heteroatoms. The molecule has 0 saturated carbocycles. The lowest BCUT2D eigenvalue weighted by Crippen LogP contribution is -2.28. The van der Waals surface area contributed by atoms with Gasteiger partial charge in [0, 0.05) is 42.7 Å². The molecule has 150 valence electrons. The van der Waals surface area contributed by atoms with Gasteiger partial charge in [0.05, 0.1) is 0 Å². The largest absolute Gasteiger partial charge is 0.507 e. The van der Waals surface area contributed by atoms with Crippen molar-refractivity contribution in [2.75, 3.05) is 6.61 Å². The maximum absolute atomic E-state index is 12.5. The Morgan fingerprint density at radius 2 is 1.93 bits per heavy atom. The van der Waals surface area contributed by atoms with Crippen molar-refractivity contribution in [2.24, 2.45) is 0 Å². The van der Waals surface area contributed by atoms with Crippen LogP contribution >= 0.6 is 0 Å². The lowest BCUT2D eigenvalue weighted by Gasteiger charge is -2.10. The van der Waals surface area contributed by atoms with Crippen LogP contribution in [0.25, 0.3) is 22.3 Å². The molecule has 4 aromatic rings. The number of nitrogens with zero attached hydrogens (tertiary/aromatic N) is 1. The fourth-order valence-electron chi connectivity index (χ4n) is 2.97. The molecular formula is C23H18N2O5. The first-order valence-corrected chi connectivity index (χ1v) is 9.25. The zero-order valence-corrected chi connectivity index (χ0v) is 15.9. The maximum Gasteiger partial charge on any atom is 0.258 e. The number of carbonyl (C=O) groups is 1. The van der Waals surface area contributed by atoms with E-state index in [1.165, 1.54) is 18.2 Å². The molecule has 0 fully saturated rings. The van der Waals surface area contributed by atoms with Crippen LogP contribution in [0.15, 0.2) is 82.3 Å². The number of nitrogens with one attached hydrogen (secondary N) is 1. The van der Waals surface area contributed by atoms with Gasteiger partial charge in [-0.25, -0.2) is 0 Å². The highest BCUT2D eigenvalue weighted by Crippen LogP contribution is 2.31. The fourth-order valence-corrected chi connectivity index (χ4v) is 2.97. The van der Waals surface area contributed by atoms with Crippen molar-refractivity contribution >= 4 is 16.9 Å². The van der Waals surface area contributed by atoms with Gasteiger partial charge in [-0.2, -0.15) is 0 Å². The summed E-state index contributed by atoms with van der Waals surface area (Å²) in [7, 11) is 0. The second kappa shape index (κ2) is 8.48. The number of hydrogen-bond acceptors (Lipinski definition) is 6. The Balaban J connectivity index is 1.51. The first-order chi connectivity index (χ1) is 14.6. The predicted octanol–water partition coefficient (Wildman–Crippen LogP) is 3.26. The summed E-state index contributed by atoms with van der Waals surface area (Å²) >= 11 is 0. The molecule has 0 aliphatic heterocycles. The minimum atomic E-state index is -0.367. The molecule has 0 unspecified atom stereocenters. The Morgan fingerprint density at radius 1 is 1.10 bits per heavy atom. The minimum Gasteiger partial charge on any atom is -0.507 e. The van der Waals surface area contributed by atoms with E-state index < -0.39 is 0 Å². The Kier molecular flexibility index (Phi) is 5.43. The van der Waals surface area contributed by atoms with Crippen LogP contribution in [0.4, 0.5) is 0 Å². The number of carbonyl (C=O) groups excluding carboxylic acids is 1. The van der Waals surface area contributed by atoms with Crippen LogP contribution in [0.1, 0.15) is 5.56 Å². The second-order valence-electron chi connectivity index (χ2n) is 6.58. The minimum absolute atomic E-state index is 0.0584. The quantitative estimate of drug-likeness (QED) is 0.513. The lowest BCUT2D eigenvalue weighted by molar-refractivity contribution is -0.123. The second-order valence-corrected chi connectivity index (χ2v) is 6.58. The van der Waals surface area contributed by atoms with E-state index in [1.807, 2.05) is 36.4 Å². The molecular weight excluding hydrogens is 384 g/mol. The van der Waals surface area contributed by atoms with Crippen molar-refractivity contribution in [2.45, 2.75) is 6.54 Å². The van der Waals surface area contributed by atoms with Crippen LogP contribution in [0, 0.1) is 0 Å². The highest BCUT2D eigenvalue weighted by atomic mass is 16.5. The average Bonchev–Trinajstić information content (AvgIpc) is 2.77. The number of hydrogen-bond donors (Lipinski definition) is 2. The number of ether oxygens (including phenoxy) is 1. The molecule has 0 aliphatic rings. The number of aromatic hydroxyl groups is 1. The molecule has 30 heavy (non-hydrogen) atoms. The first-order valence-electron chi connectivity index (χ1n) is 9.25. The van der Waals surface area contributed by atoms with E-state index in [4.69, 9.17) is 9.15 Å². The smallest absolute Gasteiger partial charge is 0.258 e. The molecule has 2 heterocycles. The van der Waals surface area contributed by atoms with E-state index in [0.717, 1.165) is 11.1 Å². The molecule has 0 spiro atoms. The van der Waals surface area contributed by atoms with Gasteiger partial charge < -0.3 is 19.6 Å². The molecule has 0 bridgehead atoms. The van der Waals surface area contributed by atoms with Crippen LogP contribution in [0.5, 0.6) is 11.5 Å². The summed E-state index contributed by atoms with van der Waals surface area (Å²) in [6.07, 6.45) is 3.32. The van der Waals surface area contributed by atoms with E-state index in [-0.39, 0.29) is 40.4 Å². The molecule has 2 aromatic heterocycles. The van der Waals surface area contributed by atoms with Crippen molar-refractivity contribution in [3.05, 3.63) is 88.8 Å². The fraction of sp³-hybridized carbons (Fsp3) is 0.0870. The molecule has 7 nitrogen and oxygen atoms in total. The number of aromatic nitrogens is 1. The Bertz CT molecular complexity index is 1240. The first kappa shape index (κ1) is 19.2. The number of pyridine rings is 1. The number of fused-ring (bicyclic) bond motifs is 1. The van der Waals surface area contributed by atoms with Crippen LogP contribution in [0.2, 0.25) is 0 Å². The zero-order valence-electron chi connectivity index (χ0n) is 15.9. The van der Waals surface area contributed by atoms with Gasteiger partial charge in [-0.1, -0.05) is 36.4 Å². The molecule has 2 N–H and O–H groups in total. The summed E-state index contributed by atoms with van der Waals surface area (Å²) in [5.41, 5.74) is 1.40. The van der Waals surface area contributed by atoms with E-state index >= 15 is 0 Å².